The zero-order valence-corrected chi connectivity index (χ0v) is 12.7. The molecule has 0 aliphatic heterocycles. The molecule has 0 heterocycles. The van der Waals surface area contributed by atoms with Gasteiger partial charge in [-0.15, -0.1) is 0 Å². The molecule has 0 aliphatic rings. The number of amides is 1. The molecule has 7 nitrogen and oxygen atoms in total. The maximum Gasteiger partial charge on any atom is 0.336 e. The van der Waals surface area contributed by atoms with Gasteiger partial charge in [-0.3, -0.25) is 4.79 Å². The number of aliphatic carboxylic acids is 1. The maximum atomic E-state index is 10.7. The Morgan fingerprint density at radius 3 is 2.14 bits per heavy atom. The molecule has 21 heavy (non-hydrogen) atoms. The van der Waals surface area contributed by atoms with Gasteiger partial charge in [-0.1, -0.05) is 56.9 Å². The van der Waals surface area contributed by atoms with E-state index in [1.54, 1.807) is 0 Å². The normalized spacial score (nSPS) is 12.2. The largest absolute Gasteiger partial charge is 0.479 e. The standard InChI is InChI=1S/C14H27NO6/c1-2-3-4-5-6-7-8-9-10-19-21-20-12(14(17)18)11-13(15)16/h12H,2-11H2,1H3,(H2,15,16)(H,17,18). The highest BCUT2D eigenvalue weighted by Gasteiger charge is 2.22. The molecule has 0 radical (unpaired) electrons. The zero-order chi connectivity index (χ0) is 15.9. The number of unbranched alkanes of at least 4 members (excludes halogenated alkanes) is 7. The van der Waals surface area contributed by atoms with Gasteiger partial charge in [-0.25, -0.2) is 9.68 Å². The van der Waals surface area contributed by atoms with Crippen LogP contribution in [0.25, 0.3) is 0 Å². The molecule has 1 unspecified atom stereocenters. The number of hydrogen-bond acceptors (Lipinski definition) is 5. The Bertz CT molecular complexity index is 285. The predicted molar refractivity (Wildman–Crippen MR) is 76.0 cm³/mol. The summed E-state index contributed by atoms with van der Waals surface area (Å²) in [5.74, 6) is -2.11. The summed E-state index contributed by atoms with van der Waals surface area (Å²) in [7, 11) is 0. The number of carbonyl (C=O) groups is 2. The second-order valence-corrected chi connectivity index (χ2v) is 4.96. The minimum atomic E-state index is -1.44. The molecule has 0 spiro atoms. The molecule has 0 saturated heterocycles. The third-order valence-electron chi connectivity index (χ3n) is 2.95. The van der Waals surface area contributed by atoms with Crippen LogP contribution in [0.3, 0.4) is 0 Å². The quantitative estimate of drug-likeness (QED) is 0.273. The van der Waals surface area contributed by atoms with E-state index in [-0.39, 0.29) is 0 Å². The Morgan fingerprint density at radius 1 is 1.05 bits per heavy atom. The van der Waals surface area contributed by atoms with Crippen molar-refractivity contribution in [2.24, 2.45) is 5.73 Å². The van der Waals surface area contributed by atoms with Crippen molar-refractivity contribution in [1.29, 1.82) is 0 Å². The molecule has 0 fully saturated rings. The van der Waals surface area contributed by atoms with Crippen molar-refractivity contribution in [2.45, 2.75) is 70.8 Å². The van der Waals surface area contributed by atoms with Gasteiger partial charge in [-0.05, 0) is 6.42 Å². The van der Waals surface area contributed by atoms with Gasteiger partial charge in [-0.2, -0.15) is 4.89 Å². The van der Waals surface area contributed by atoms with Crippen LogP contribution < -0.4 is 5.73 Å². The predicted octanol–water partition coefficient (Wildman–Crippen LogP) is 2.34. The molecule has 0 aromatic heterocycles. The Hall–Kier alpha value is -1.18. The molecular formula is C14H27NO6. The monoisotopic (exact) mass is 305 g/mol. The number of carboxylic acids is 1. The Kier molecular flexibility index (Phi) is 13.0. The van der Waals surface area contributed by atoms with E-state index in [0.717, 1.165) is 19.3 Å². The molecular weight excluding hydrogens is 278 g/mol. The van der Waals surface area contributed by atoms with E-state index >= 15 is 0 Å². The Morgan fingerprint density at radius 2 is 1.62 bits per heavy atom. The molecule has 1 amide bonds. The number of carbonyl (C=O) groups excluding carboxylic acids is 1. The van der Waals surface area contributed by atoms with E-state index in [9.17, 15) is 9.59 Å². The third kappa shape index (κ3) is 13.6. The van der Waals surface area contributed by atoms with Crippen LogP contribution >= 0.6 is 0 Å². The van der Waals surface area contributed by atoms with Gasteiger partial charge in [0.15, 0.2) is 0 Å². The second-order valence-electron chi connectivity index (χ2n) is 4.96. The van der Waals surface area contributed by atoms with Gasteiger partial charge >= 0.3 is 5.97 Å². The van der Waals surface area contributed by atoms with Crippen LogP contribution in [0.1, 0.15) is 64.7 Å². The van der Waals surface area contributed by atoms with Gasteiger partial charge in [0.1, 0.15) is 0 Å². The third-order valence-corrected chi connectivity index (χ3v) is 2.95. The van der Waals surface area contributed by atoms with E-state index in [4.69, 9.17) is 15.7 Å². The van der Waals surface area contributed by atoms with Crippen LogP contribution in [0.15, 0.2) is 0 Å². The average Bonchev–Trinajstić information content (AvgIpc) is 2.42. The molecule has 7 heteroatoms. The van der Waals surface area contributed by atoms with E-state index < -0.39 is 24.4 Å². The summed E-state index contributed by atoms with van der Waals surface area (Å²) in [5.41, 5.74) is 4.88. The van der Waals surface area contributed by atoms with Crippen molar-refractivity contribution in [3.63, 3.8) is 0 Å². The minimum Gasteiger partial charge on any atom is -0.479 e. The Labute approximate surface area is 125 Å². The first-order valence-corrected chi connectivity index (χ1v) is 7.54. The molecule has 124 valence electrons. The molecule has 3 N–H and O–H groups in total. The highest BCUT2D eigenvalue weighted by molar-refractivity contribution is 5.82. The topological polar surface area (TPSA) is 108 Å². The number of hydrogen-bond donors (Lipinski definition) is 2. The highest BCUT2D eigenvalue weighted by atomic mass is 17.5. The lowest BCUT2D eigenvalue weighted by Gasteiger charge is -2.09. The van der Waals surface area contributed by atoms with Crippen molar-refractivity contribution in [1.82, 2.24) is 0 Å². The minimum absolute atomic E-state index is 0.317. The molecule has 0 aliphatic carbocycles. The molecule has 1 atom stereocenters. The first-order chi connectivity index (χ1) is 10.1. The summed E-state index contributed by atoms with van der Waals surface area (Å²) in [6.07, 6.45) is 7.40. The van der Waals surface area contributed by atoms with Crippen molar-refractivity contribution < 1.29 is 29.5 Å². The summed E-state index contributed by atoms with van der Waals surface area (Å²) in [6.45, 7) is 2.51. The summed E-state index contributed by atoms with van der Waals surface area (Å²) in [5, 5.41) is 13.0. The van der Waals surface area contributed by atoms with Gasteiger partial charge in [0.05, 0.1) is 13.0 Å². The van der Waals surface area contributed by atoms with Gasteiger partial charge in [0, 0.05) is 0 Å². The van der Waals surface area contributed by atoms with E-state index in [1.807, 2.05) is 0 Å². The number of nitrogens with two attached hydrogens (primary N) is 1. The lowest BCUT2D eigenvalue weighted by atomic mass is 10.1. The summed E-state index contributed by atoms with van der Waals surface area (Å²) in [6, 6.07) is 0. The first kappa shape index (κ1) is 19.8. The fraction of sp³-hybridized carbons (Fsp3) is 0.857. The van der Waals surface area contributed by atoms with Crippen LogP contribution in [0.5, 0.6) is 0 Å². The van der Waals surface area contributed by atoms with E-state index in [1.165, 1.54) is 32.1 Å². The lowest BCUT2D eigenvalue weighted by molar-refractivity contribution is -0.521. The van der Waals surface area contributed by atoms with Crippen LogP contribution in [0.2, 0.25) is 0 Å². The van der Waals surface area contributed by atoms with E-state index in [2.05, 4.69) is 16.8 Å². The van der Waals surface area contributed by atoms with Gasteiger partial charge in [0.25, 0.3) is 0 Å². The van der Waals surface area contributed by atoms with Crippen LogP contribution in [0.4, 0.5) is 0 Å². The first-order valence-electron chi connectivity index (χ1n) is 7.54. The summed E-state index contributed by atoms with van der Waals surface area (Å²) < 4.78 is 0. The number of rotatable bonds is 15. The molecule has 0 saturated carbocycles. The SMILES string of the molecule is CCCCCCCCCCOOOC(CC(N)=O)C(=O)O. The molecule has 0 aromatic carbocycles. The van der Waals surface area contributed by atoms with Gasteiger partial charge in [0.2, 0.25) is 12.0 Å². The number of primary amides is 1. The average molecular weight is 305 g/mol. The molecule has 0 aromatic rings. The van der Waals surface area contributed by atoms with Crippen LogP contribution in [0, 0.1) is 0 Å². The lowest BCUT2D eigenvalue weighted by Crippen LogP contribution is -2.30. The van der Waals surface area contributed by atoms with Crippen molar-refractivity contribution in [3.8, 4) is 0 Å². The van der Waals surface area contributed by atoms with E-state index in [0.29, 0.717) is 6.61 Å². The van der Waals surface area contributed by atoms with Crippen LogP contribution in [-0.2, 0) is 24.4 Å². The van der Waals surface area contributed by atoms with Crippen LogP contribution in [-0.4, -0.2) is 29.7 Å². The van der Waals surface area contributed by atoms with Crippen molar-refractivity contribution >= 4 is 11.9 Å². The van der Waals surface area contributed by atoms with Crippen molar-refractivity contribution in [3.05, 3.63) is 0 Å². The Balaban J connectivity index is 3.38. The smallest absolute Gasteiger partial charge is 0.336 e. The second kappa shape index (κ2) is 13.8. The summed E-state index contributed by atoms with van der Waals surface area (Å²) in [4.78, 5) is 30.4. The maximum absolute atomic E-state index is 10.7. The van der Waals surface area contributed by atoms with Crippen molar-refractivity contribution in [2.75, 3.05) is 6.61 Å². The highest BCUT2D eigenvalue weighted by Crippen LogP contribution is 2.08. The zero-order valence-electron chi connectivity index (χ0n) is 12.7. The fourth-order valence-corrected chi connectivity index (χ4v) is 1.75. The summed E-state index contributed by atoms with van der Waals surface area (Å²) >= 11 is 0. The molecule has 0 bridgehead atoms. The van der Waals surface area contributed by atoms with Gasteiger partial charge < -0.3 is 10.8 Å². The molecule has 0 rings (SSSR count). The fourth-order valence-electron chi connectivity index (χ4n) is 1.75. The number of carboxylic acid groups (broad SMARTS) is 1.